The molecule has 0 fully saturated rings. The van der Waals surface area contributed by atoms with Crippen molar-refractivity contribution in [2.45, 2.75) is 78.6 Å². The van der Waals surface area contributed by atoms with Gasteiger partial charge in [-0.1, -0.05) is 263 Å². The Hall–Kier alpha value is -10.2. The first-order valence-corrected chi connectivity index (χ1v) is 31.9. The summed E-state index contributed by atoms with van der Waals surface area (Å²) in [5.41, 5.74) is 25.6. The number of nitrogens with zero attached hydrogens (tertiary/aromatic N) is 2. The van der Waals surface area contributed by atoms with Gasteiger partial charge in [0.05, 0.1) is 16.7 Å². The maximum absolute atomic E-state index is 7.65. The van der Waals surface area contributed by atoms with E-state index in [4.69, 9.17) is 4.74 Å². The van der Waals surface area contributed by atoms with Crippen molar-refractivity contribution < 1.29 is 4.74 Å². The second kappa shape index (κ2) is 20.7. The summed E-state index contributed by atoms with van der Waals surface area (Å²) in [6.07, 6.45) is 0. The second-order valence-electron chi connectivity index (χ2n) is 28.0. The van der Waals surface area contributed by atoms with Crippen LogP contribution in [0.15, 0.2) is 267 Å². The molecule has 0 aliphatic carbocycles. The Balaban J connectivity index is 1.01. The van der Waals surface area contributed by atoms with Crippen LogP contribution in [0.25, 0.3) is 105 Å². The quantitative estimate of drug-likeness (QED) is 0.117. The molecule has 1 aromatic heterocycles. The van der Waals surface area contributed by atoms with E-state index >= 15 is 0 Å². The van der Waals surface area contributed by atoms with E-state index in [1.54, 1.807) is 0 Å². The molecular weight excluding hydrogens is 1090 g/mol. The first-order chi connectivity index (χ1) is 43.5. The number of fused-ring (bicyclic) bond motifs is 9. The normalized spacial score (nSPS) is 13.0. The van der Waals surface area contributed by atoms with Crippen LogP contribution in [-0.2, 0) is 16.2 Å². The van der Waals surface area contributed by atoms with Gasteiger partial charge in [0.25, 0.3) is 6.71 Å². The van der Waals surface area contributed by atoms with Gasteiger partial charge in [-0.25, -0.2) is 0 Å². The molecule has 2 aliphatic rings. The van der Waals surface area contributed by atoms with Crippen molar-refractivity contribution in [2.75, 3.05) is 4.90 Å². The van der Waals surface area contributed by atoms with Crippen molar-refractivity contribution in [1.82, 2.24) is 4.57 Å². The third-order valence-corrected chi connectivity index (χ3v) is 19.3. The fourth-order valence-electron chi connectivity index (χ4n) is 14.6. The second-order valence-corrected chi connectivity index (χ2v) is 28.0. The van der Waals surface area contributed by atoms with Crippen molar-refractivity contribution >= 4 is 83.5 Å². The molecule has 0 N–H and O–H groups in total. The van der Waals surface area contributed by atoms with Gasteiger partial charge in [0.2, 0.25) is 0 Å². The van der Waals surface area contributed by atoms with Crippen molar-refractivity contribution in [3.8, 4) is 72.8 Å². The highest BCUT2D eigenvalue weighted by atomic mass is 16.5. The van der Waals surface area contributed by atoms with Crippen molar-refractivity contribution in [3.63, 3.8) is 0 Å². The molecule has 4 heteroatoms. The molecule has 0 amide bonds. The molecule has 2 aliphatic heterocycles. The van der Waals surface area contributed by atoms with E-state index in [0.29, 0.717) is 0 Å². The lowest BCUT2D eigenvalue weighted by Gasteiger charge is -2.42. The van der Waals surface area contributed by atoms with E-state index in [1.807, 2.05) is 0 Å². The van der Waals surface area contributed by atoms with E-state index in [1.165, 1.54) is 87.8 Å². The molecule has 13 aromatic carbocycles. The van der Waals surface area contributed by atoms with Crippen LogP contribution in [-0.4, -0.2) is 11.3 Å². The van der Waals surface area contributed by atoms with Crippen molar-refractivity contribution in [3.05, 3.63) is 284 Å². The molecule has 0 saturated heterocycles. The Labute approximate surface area is 529 Å². The molecule has 3 heterocycles. The van der Waals surface area contributed by atoms with Gasteiger partial charge in [-0.05, 0) is 176 Å². The number of hydrogen-bond acceptors (Lipinski definition) is 2. The minimum Gasteiger partial charge on any atom is -0.458 e. The van der Waals surface area contributed by atoms with Crippen molar-refractivity contribution in [2.24, 2.45) is 0 Å². The maximum Gasteiger partial charge on any atom is 0.256 e. The van der Waals surface area contributed by atoms with E-state index in [9.17, 15) is 0 Å². The zero-order valence-corrected chi connectivity index (χ0v) is 52.8. The summed E-state index contributed by atoms with van der Waals surface area (Å²) in [6.45, 7) is 20.7. The van der Waals surface area contributed by atoms with Crippen LogP contribution in [0.1, 0.15) is 79.0 Å². The maximum atomic E-state index is 7.65. The molecule has 434 valence electrons. The van der Waals surface area contributed by atoms with Gasteiger partial charge in [0.15, 0.2) is 0 Å². The molecule has 0 unspecified atom stereocenters. The molecule has 0 atom stereocenters. The summed E-state index contributed by atoms with van der Waals surface area (Å²) in [5, 5.41) is 7.42. The molecule has 0 saturated carbocycles. The zero-order chi connectivity index (χ0) is 61.4. The van der Waals surface area contributed by atoms with Gasteiger partial charge in [0.1, 0.15) is 11.5 Å². The largest absolute Gasteiger partial charge is 0.458 e. The Kier molecular flexibility index (Phi) is 12.7. The molecule has 0 radical (unpaired) electrons. The number of aromatic nitrogens is 1. The molecular formula is C86H71BN2O. The lowest BCUT2D eigenvalue weighted by atomic mass is 9.34. The minimum absolute atomic E-state index is 0.0128. The number of ether oxygens (including phenoxy) is 1. The van der Waals surface area contributed by atoms with Gasteiger partial charge >= 0.3 is 0 Å². The van der Waals surface area contributed by atoms with E-state index in [2.05, 4.69) is 339 Å². The SMILES string of the molecule is CC(C)(C)c1cc2c3c(c1)N(c1c(-c4ccccc4)cc(-c4ccccc4)cc1-c1ccccc1)c1cc(-c4c5ccccc5c(-c5ccccc5)c5ccccc45)ccc1B3c1ccc(-n3c4ccc(C(C)(C)C)cc4c4cc(C(C)(C)C)ccc43)cc1O2. The third-order valence-electron chi connectivity index (χ3n) is 19.3. The highest BCUT2D eigenvalue weighted by Crippen LogP contribution is 2.53. The minimum atomic E-state index is -0.249. The van der Waals surface area contributed by atoms with Crippen LogP contribution in [0.3, 0.4) is 0 Å². The summed E-state index contributed by atoms with van der Waals surface area (Å²) in [5.74, 6) is 1.75. The first-order valence-electron chi connectivity index (χ1n) is 31.9. The molecule has 90 heavy (non-hydrogen) atoms. The van der Waals surface area contributed by atoms with Crippen LogP contribution in [0.2, 0.25) is 0 Å². The summed E-state index contributed by atoms with van der Waals surface area (Å²) in [4.78, 5) is 2.64. The van der Waals surface area contributed by atoms with Crippen LogP contribution in [0.4, 0.5) is 17.1 Å². The van der Waals surface area contributed by atoms with Gasteiger partial charge < -0.3 is 14.2 Å². The topological polar surface area (TPSA) is 17.4 Å². The Morgan fingerprint density at radius 3 is 1.27 bits per heavy atom. The van der Waals surface area contributed by atoms with Crippen LogP contribution in [0.5, 0.6) is 11.5 Å². The van der Waals surface area contributed by atoms with Gasteiger partial charge in [-0.3, -0.25) is 0 Å². The fourth-order valence-corrected chi connectivity index (χ4v) is 14.6. The predicted molar refractivity (Wildman–Crippen MR) is 385 cm³/mol. The number of hydrogen-bond donors (Lipinski definition) is 0. The number of benzene rings is 13. The summed E-state index contributed by atoms with van der Waals surface area (Å²) in [7, 11) is 0. The molecule has 3 nitrogen and oxygen atoms in total. The molecule has 0 bridgehead atoms. The highest BCUT2D eigenvalue weighted by Gasteiger charge is 2.44. The lowest BCUT2D eigenvalue weighted by molar-refractivity contribution is 0.483. The summed E-state index contributed by atoms with van der Waals surface area (Å²) >= 11 is 0. The Bertz CT molecular complexity index is 5010. The van der Waals surface area contributed by atoms with E-state index in [0.717, 1.165) is 78.6 Å². The standard InChI is InChI=1S/C86H71BN2O/c1-84(2,3)60-39-44-74-70(49-60)71-50-61(85(4,5)6)40-45-75(71)88(74)63-41-43-73-78(53-63)90-79-52-62(86(7,8)9)51-77-82(79)87(73)72-42-38-58(81-66-36-24-22-34-64(66)80(57-32-20-13-21-33-57)65-35-23-25-37-67(65)81)48-76(72)89(77)83-68(55-28-16-11-17-29-55)46-59(54-26-14-10-15-27-54)47-69(83)56-30-18-12-19-31-56/h10-53H,1-9H3. The fraction of sp³-hybridized carbons (Fsp3) is 0.140. The Morgan fingerprint density at radius 1 is 0.311 bits per heavy atom. The number of rotatable bonds is 7. The van der Waals surface area contributed by atoms with E-state index in [-0.39, 0.29) is 23.0 Å². The first kappa shape index (κ1) is 55.2. The summed E-state index contributed by atoms with van der Waals surface area (Å²) in [6, 6.07) is 100. The smallest absolute Gasteiger partial charge is 0.256 e. The highest BCUT2D eigenvalue weighted by molar-refractivity contribution is 6.99. The lowest BCUT2D eigenvalue weighted by Crippen LogP contribution is -2.59. The zero-order valence-electron chi connectivity index (χ0n) is 52.8. The van der Waals surface area contributed by atoms with E-state index < -0.39 is 0 Å². The van der Waals surface area contributed by atoms with Crippen LogP contribution >= 0.6 is 0 Å². The third kappa shape index (κ3) is 9.01. The molecule has 16 rings (SSSR count). The Morgan fingerprint density at radius 2 is 0.767 bits per heavy atom. The monoisotopic (exact) mass is 1160 g/mol. The average molecular weight is 1160 g/mol. The van der Waals surface area contributed by atoms with Crippen molar-refractivity contribution in [1.29, 1.82) is 0 Å². The average Bonchev–Trinajstić information content (AvgIpc) is 0.730. The summed E-state index contributed by atoms with van der Waals surface area (Å²) < 4.78 is 10.1. The van der Waals surface area contributed by atoms with Crippen LogP contribution < -0.4 is 26.0 Å². The predicted octanol–water partition coefficient (Wildman–Crippen LogP) is 21.7. The molecule has 0 spiro atoms. The van der Waals surface area contributed by atoms with Gasteiger partial charge in [-0.2, -0.15) is 0 Å². The van der Waals surface area contributed by atoms with Gasteiger partial charge in [0, 0.05) is 45.0 Å². The van der Waals surface area contributed by atoms with Crippen LogP contribution in [0, 0.1) is 0 Å². The molecule has 14 aromatic rings. The number of anilines is 3. The van der Waals surface area contributed by atoms with Gasteiger partial charge in [-0.15, -0.1) is 0 Å².